The summed E-state index contributed by atoms with van der Waals surface area (Å²) in [5.41, 5.74) is 3.08. The van der Waals surface area contributed by atoms with Gasteiger partial charge >= 0.3 is 0 Å². The number of nitrogens with one attached hydrogen (secondary N) is 1. The molecule has 1 N–H and O–H groups in total. The molecular weight excluding hydrogens is 210 g/mol. The molecule has 0 aromatic heterocycles. The Morgan fingerprint density at radius 1 is 1.35 bits per heavy atom. The van der Waals surface area contributed by atoms with Crippen molar-refractivity contribution in [2.45, 2.75) is 44.1 Å². The van der Waals surface area contributed by atoms with Gasteiger partial charge in [0.25, 0.3) is 0 Å². The van der Waals surface area contributed by atoms with Crippen LogP contribution in [0.15, 0.2) is 18.2 Å². The first-order chi connectivity index (χ1) is 8.23. The van der Waals surface area contributed by atoms with Crippen molar-refractivity contribution in [3.8, 4) is 5.75 Å². The minimum atomic E-state index is 0.406. The van der Waals surface area contributed by atoms with Crippen LogP contribution in [0.25, 0.3) is 0 Å². The second kappa shape index (κ2) is 4.02. The summed E-state index contributed by atoms with van der Waals surface area (Å²) in [6, 6.07) is 7.50. The highest BCUT2D eigenvalue weighted by Crippen LogP contribution is 2.49. The Morgan fingerprint density at radius 3 is 2.71 bits per heavy atom. The molecule has 0 spiro atoms. The van der Waals surface area contributed by atoms with Crippen LogP contribution < -0.4 is 10.1 Å². The summed E-state index contributed by atoms with van der Waals surface area (Å²) in [6.45, 7) is 3.24. The van der Waals surface area contributed by atoms with Crippen molar-refractivity contribution in [1.29, 1.82) is 0 Å². The minimum absolute atomic E-state index is 0.406. The molecule has 17 heavy (non-hydrogen) atoms. The van der Waals surface area contributed by atoms with Gasteiger partial charge in [0.1, 0.15) is 5.75 Å². The highest BCUT2D eigenvalue weighted by Gasteiger charge is 2.45. The van der Waals surface area contributed by atoms with E-state index in [4.69, 9.17) is 4.74 Å². The van der Waals surface area contributed by atoms with E-state index in [2.05, 4.69) is 30.4 Å². The number of rotatable bonds is 5. The Balaban J connectivity index is 1.77. The maximum absolute atomic E-state index is 5.43. The van der Waals surface area contributed by atoms with Crippen molar-refractivity contribution in [1.82, 2.24) is 5.32 Å². The van der Waals surface area contributed by atoms with Crippen molar-refractivity contribution < 1.29 is 4.74 Å². The molecule has 0 unspecified atom stereocenters. The summed E-state index contributed by atoms with van der Waals surface area (Å²) in [5, 5.41) is 3.67. The number of aryl methyl sites for hydroxylation is 1. The standard InChI is InChI=1S/C15H21NO/c1-11-3-4-12(9-14(11)17-2)15(7-8-15)10-16-13-5-6-13/h3-4,9,13,16H,5-8,10H2,1-2H3. The van der Waals surface area contributed by atoms with Crippen LogP contribution in [0.1, 0.15) is 36.8 Å². The number of hydrogen-bond donors (Lipinski definition) is 1. The van der Waals surface area contributed by atoms with Crippen LogP contribution in [-0.2, 0) is 5.41 Å². The predicted molar refractivity (Wildman–Crippen MR) is 69.7 cm³/mol. The van der Waals surface area contributed by atoms with Gasteiger partial charge in [0.15, 0.2) is 0 Å². The Kier molecular flexibility index (Phi) is 2.62. The van der Waals surface area contributed by atoms with E-state index in [1.54, 1.807) is 7.11 Å². The van der Waals surface area contributed by atoms with E-state index in [0.717, 1.165) is 18.3 Å². The third-order valence-corrected chi connectivity index (χ3v) is 4.18. The van der Waals surface area contributed by atoms with Gasteiger partial charge in [0.05, 0.1) is 7.11 Å². The molecule has 3 rings (SSSR count). The van der Waals surface area contributed by atoms with E-state index in [9.17, 15) is 0 Å². The van der Waals surface area contributed by atoms with Crippen molar-refractivity contribution >= 4 is 0 Å². The van der Waals surface area contributed by atoms with E-state index >= 15 is 0 Å². The summed E-state index contributed by atoms with van der Waals surface area (Å²) in [5.74, 6) is 1.03. The van der Waals surface area contributed by atoms with E-state index < -0.39 is 0 Å². The molecule has 0 amide bonds. The van der Waals surface area contributed by atoms with Gasteiger partial charge < -0.3 is 10.1 Å². The fraction of sp³-hybridized carbons (Fsp3) is 0.600. The van der Waals surface area contributed by atoms with Crippen LogP contribution in [0, 0.1) is 6.92 Å². The third-order valence-electron chi connectivity index (χ3n) is 4.18. The zero-order chi connectivity index (χ0) is 11.9. The van der Waals surface area contributed by atoms with Crippen LogP contribution in [0.2, 0.25) is 0 Å². The molecule has 0 saturated heterocycles. The Hall–Kier alpha value is -1.02. The number of hydrogen-bond acceptors (Lipinski definition) is 2. The van der Waals surface area contributed by atoms with Gasteiger partial charge in [0, 0.05) is 18.0 Å². The van der Waals surface area contributed by atoms with Crippen molar-refractivity contribution in [3.05, 3.63) is 29.3 Å². The molecular formula is C15H21NO. The van der Waals surface area contributed by atoms with Gasteiger partial charge in [-0.25, -0.2) is 0 Å². The van der Waals surface area contributed by atoms with Crippen molar-refractivity contribution in [2.75, 3.05) is 13.7 Å². The maximum Gasteiger partial charge on any atom is 0.122 e. The SMILES string of the molecule is COc1cc(C2(CNC3CC3)CC2)ccc1C. The molecule has 0 aliphatic heterocycles. The van der Waals surface area contributed by atoms with Crippen LogP contribution in [0.4, 0.5) is 0 Å². The fourth-order valence-electron chi connectivity index (χ4n) is 2.50. The molecule has 2 aliphatic carbocycles. The number of ether oxygens (including phenoxy) is 1. The Bertz CT molecular complexity index is 419. The molecule has 2 heteroatoms. The number of benzene rings is 1. The van der Waals surface area contributed by atoms with E-state index in [-0.39, 0.29) is 0 Å². The molecule has 2 fully saturated rings. The second-order valence-corrected chi connectivity index (χ2v) is 5.62. The topological polar surface area (TPSA) is 21.3 Å². The van der Waals surface area contributed by atoms with Crippen LogP contribution in [0.5, 0.6) is 5.75 Å². The molecule has 0 bridgehead atoms. The van der Waals surface area contributed by atoms with Gasteiger partial charge in [-0.1, -0.05) is 12.1 Å². The largest absolute Gasteiger partial charge is 0.496 e. The average Bonchev–Trinajstić information content (AvgIpc) is 3.22. The molecule has 2 aliphatic rings. The summed E-state index contributed by atoms with van der Waals surface area (Å²) >= 11 is 0. The zero-order valence-electron chi connectivity index (χ0n) is 10.8. The lowest BCUT2D eigenvalue weighted by atomic mass is 9.94. The maximum atomic E-state index is 5.43. The quantitative estimate of drug-likeness (QED) is 0.841. The highest BCUT2D eigenvalue weighted by molar-refractivity contribution is 5.42. The lowest BCUT2D eigenvalue weighted by Crippen LogP contribution is -2.28. The van der Waals surface area contributed by atoms with Crippen LogP contribution in [-0.4, -0.2) is 19.7 Å². The number of methoxy groups -OCH3 is 1. The summed E-state index contributed by atoms with van der Waals surface area (Å²) in [6.07, 6.45) is 5.37. The molecule has 0 atom stereocenters. The van der Waals surface area contributed by atoms with Crippen molar-refractivity contribution in [2.24, 2.45) is 0 Å². The molecule has 0 radical (unpaired) electrons. The average molecular weight is 231 g/mol. The summed E-state index contributed by atoms with van der Waals surface area (Å²) < 4.78 is 5.43. The first-order valence-electron chi connectivity index (χ1n) is 6.62. The highest BCUT2D eigenvalue weighted by atomic mass is 16.5. The third kappa shape index (κ3) is 2.19. The molecule has 1 aromatic carbocycles. The minimum Gasteiger partial charge on any atom is -0.496 e. The van der Waals surface area contributed by atoms with Gasteiger partial charge in [0.2, 0.25) is 0 Å². The lowest BCUT2D eigenvalue weighted by Gasteiger charge is -2.18. The predicted octanol–water partition coefficient (Wildman–Crippen LogP) is 2.79. The molecule has 0 heterocycles. The van der Waals surface area contributed by atoms with E-state index in [1.807, 2.05) is 0 Å². The van der Waals surface area contributed by atoms with Crippen molar-refractivity contribution in [3.63, 3.8) is 0 Å². The molecule has 92 valence electrons. The first kappa shape index (κ1) is 11.1. The van der Waals surface area contributed by atoms with Gasteiger partial charge in [-0.15, -0.1) is 0 Å². The smallest absolute Gasteiger partial charge is 0.122 e. The van der Waals surface area contributed by atoms with Crippen LogP contribution in [0.3, 0.4) is 0 Å². The van der Waals surface area contributed by atoms with Gasteiger partial charge in [-0.3, -0.25) is 0 Å². The van der Waals surface area contributed by atoms with E-state index in [0.29, 0.717) is 5.41 Å². The first-order valence-corrected chi connectivity index (χ1v) is 6.62. The van der Waals surface area contributed by atoms with Gasteiger partial charge in [-0.2, -0.15) is 0 Å². The normalized spacial score (nSPS) is 21.3. The summed E-state index contributed by atoms with van der Waals surface area (Å²) in [7, 11) is 1.76. The lowest BCUT2D eigenvalue weighted by molar-refractivity contribution is 0.410. The van der Waals surface area contributed by atoms with Gasteiger partial charge in [-0.05, 0) is 49.8 Å². The molecule has 1 aromatic rings. The molecule has 2 nitrogen and oxygen atoms in total. The Labute approximate surface area is 103 Å². The Morgan fingerprint density at radius 2 is 2.12 bits per heavy atom. The monoisotopic (exact) mass is 231 g/mol. The molecule has 2 saturated carbocycles. The zero-order valence-corrected chi connectivity index (χ0v) is 10.8. The van der Waals surface area contributed by atoms with E-state index in [1.165, 1.54) is 36.8 Å². The summed E-state index contributed by atoms with van der Waals surface area (Å²) in [4.78, 5) is 0. The van der Waals surface area contributed by atoms with Crippen LogP contribution >= 0.6 is 0 Å². The second-order valence-electron chi connectivity index (χ2n) is 5.62. The fourth-order valence-corrected chi connectivity index (χ4v) is 2.50.